The Hall–Kier alpha value is -0.470. The van der Waals surface area contributed by atoms with Crippen molar-refractivity contribution < 1.29 is 4.74 Å². The Kier molecular flexibility index (Phi) is 2.11. The van der Waals surface area contributed by atoms with E-state index in [1.807, 2.05) is 0 Å². The van der Waals surface area contributed by atoms with E-state index < -0.39 is 0 Å². The second-order valence-electron chi connectivity index (χ2n) is 3.05. The number of benzene rings is 1. The molecule has 2 heteroatoms. The Morgan fingerprint density at radius 2 is 2.25 bits per heavy atom. The van der Waals surface area contributed by atoms with E-state index in [-0.39, 0.29) is 0 Å². The fourth-order valence-electron chi connectivity index (χ4n) is 1.28. The summed E-state index contributed by atoms with van der Waals surface area (Å²) in [5, 5.41) is 0. The molecule has 0 aromatic heterocycles. The van der Waals surface area contributed by atoms with Crippen molar-refractivity contribution in [2.24, 2.45) is 0 Å². The Morgan fingerprint density at radius 1 is 1.50 bits per heavy atom. The van der Waals surface area contributed by atoms with Crippen LogP contribution in [0.2, 0.25) is 0 Å². The summed E-state index contributed by atoms with van der Waals surface area (Å²) in [5.41, 5.74) is 2.68. The van der Waals surface area contributed by atoms with E-state index in [4.69, 9.17) is 4.74 Å². The SMILES string of the molecule is CSc1cc(C2CO2)ccc1C. The topological polar surface area (TPSA) is 12.5 Å². The Morgan fingerprint density at radius 3 is 2.83 bits per heavy atom. The average Bonchev–Trinajstić information content (AvgIpc) is 2.88. The highest BCUT2D eigenvalue weighted by atomic mass is 32.2. The van der Waals surface area contributed by atoms with Gasteiger partial charge in [-0.05, 0) is 30.4 Å². The molecule has 0 spiro atoms. The largest absolute Gasteiger partial charge is 0.368 e. The van der Waals surface area contributed by atoms with Gasteiger partial charge in [0.15, 0.2) is 0 Å². The minimum atomic E-state index is 0.386. The molecular formula is C10H12OS. The first-order valence-electron chi connectivity index (χ1n) is 4.07. The van der Waals surface area contributed by atoms with Crippen LogP contribution in [0.25, 0.3) is 0 Å². The maximum Gasteiger partial charge on any atom is 0.106 e. The van der Waals surface area contributed by atoms with Gasteiger partial charge in [-0.15, -0.1) is 11.8 Å². The van der Waals surface area contributed by atoms with Crippen molar-refractivity contribution in [3.63, 3.8) is 0 Å². The zero-order valence-corrected chi connectivity index (χ0v) is 8.15. The number of epoxide rings is 1. The van der Waals surface area contributed by atoms with Crippen LogP contribution in [0.3, 0.4) is 0 Å². The maximum absolute atomic E-state index is 5.22. The van der Waals surface area contributed by atoms with Gasteiger partial charge < -0.3 is 4.74 Å². The lowest BCUT2D eigenvalue weighted by atomic mass is 10.1. The molecule has 1 aliphatic rings. The molecule has 0 saturated carbocycles. The first kappa shape index (κ1) is 8.14. The zero-order valence-electron chi connectivity index (χ0n) is 7.33. The highest BCUT2D eigenvalue weighted by Gasteiger charge is 2.24. The quantitative estimate of drug-likeness (QED) is 0.512. The van der Waals surface area contributed by atoms with E-state index in [0.29, 0.717) is 6.10 Å². The maximum atomic E-state index is 5.22. The van der Waals surface area contributed by atoms with Crippen LogP contribution in [0.1, 0.15) is 17.2 Å². The molecule has 1 aromatic carbocycles. The van der Waals surface area contributed by atoms with Crippen LogP contribution in [0.15, 0.2) is 23.1 Å². The summed E-state index contributed by atoms with van der Waals surface area (Å²) in [6.07, 6.45) is 2.50. The minimum absolute atomic E-state index is 0.386. The summed E-state index contributed by atoms with van der Waals surface area (Å²) < 4.78 is 5.22. The number of thioether (sulfide) groups is 1. The molecule has 12 heavy (non-hydrogen) atoms. The summed E-state index contributed by atoms with van der Waals surface area (Å²) in [4.78, 5) is 1.36. The normalized spacial score (nSPS) is 21.0. The van der Waals surface area contributed by atoms with Gasteiger partial charge in [0, 0.05) is 4.90 Å². The Labute approximate surface area is 77.1 Å². The monoisotopic (exact) mass is 180 g/mol. The standard InChI is InChI=1S/C10H12OS/c1-7-3-4-8(9-6-11-9)5-10(7)12-2/h3-5,9H,6H2,1-2H3. The fourth-order valence-corrected chi connectivity index (χ4v) is 1.92. The van der Waals surface area contributed by atoms with E-state index in [1.54, 1.807) is 11.8 Å². The second kappa shape index (κ2) is 3.11. The van der Waals surface area contributed by atoms with Gasteiger partial charge in [-0.2, -0.15) is 0 Å². The molecule has 1 unspecified atom stereocenters. The molecule has 1 aliphatic heterocycles. The lowest BCUT2D eigenvalue weighted by Gasteiger charge is -2.03. The van der Waals surface area contributed by atoms with Crippen molar-refractivity contribution >= 4 is 11.8 Å². The van der Waals surface area contributed by atoms with Crippen LogP contribution in [-0.2, 0) is 4.74 Å². The lowest BCUT2D eigenvalue weighted by molar-refractivity contribution is 0.415. The zero-order chi connectivity index (χ0) is 8.55. The van der Waals surface area contributed by atoms with Gasteiger partial charge in [0.2, 0.25) is 0 Å². The summed E-state index contributed by atoms with van der Waals surface area (Å²) in [5.74, 6) is 0. The average molecular weight is 180 g/mol. The van der Waals surface area contributed by atoms with E-state index in [0.717, 1.165) is 6.61 Å². The third-order valence-electron chi connectivity index (χ3n) is 2.14. The van der Waals surface area contributed by atoms with Crippen LogP contribution in [-0.4, -0.2) is 12.9 Å². The molecule has 1 saturated heterocycles. The van der Waals surface area contributed by atoms with Crippen molar-refractivity contribution in [1.82, 2.24) is 0 Å². The number of hydrogen-bond acceptors (Lipinski definition) is 2. The van der Waals surface area contributed by atoms with Crippen molar-refractivity contribution in [1.29, 1.82) is 0 Å². The van der Waals surface area contributed by atoms with Crippen molar-refractivity contribution in [2.45, 2.75) is 17.9 Å². The number of ether oxygens (including phenoxy) is 1. The van der Waals surface area contributed by atoms with Gasteiger partial charge in [0.25, 0.3) is 0 Å². The first-order valence-corrected chi connectivity index (χ1v) is 5.30. The van der Waals surface area contributed by atoms with Gasteiger partial charge in [-0.3, -0.25) is 0 Å². The van der Waals surface area contributed by atoms with Gasteiger partial charge in [0.1, 0.15) is 6.10 Å². The predicted molar refractivity (Wildman–Crippen MR) is 51.7 cm³/mol. The summed E-state index contributed by atoms with van der Waals surface area (Å²) >= 11 is 1.80. The highest BCUT2D eigenvalue weighted by molar-refractivity contribution is 7.98. The van der Waals surface area contributed by atoms with Crippen LogP contribution in [0.5, 0.6) is 0 Å². The Bertz CT molecular complexity index is 292. The molecule has 1 fully saturated rings. The van der Waals surface area contributed by atoms with Gasteiger partial charge in [-0.25, -0.2) is 0 Å². The molecule has 2 rings (SSSR count). The molecule has 0 N–H and O–H groups in total. The first-order chi connectivity index (χ1) is 5.81. The van der Waals surface area contributed by atoms with Crippen LogP contribution >= 0.6 is 11.8 Å². The highest BCUT2D eigenvalue weighted by Crippen LogP contribution is 2.32. The van der Waals surface area contributed by atoms with Crippen molar-refractivity contribution in [2.75, 3.05) is 12.9 Å². The number of aryl methyl sites for hydroxylation is 1. The van der Waals surface area contributed by atoms with E-state index >= 15 is 0 Å². The molecule has 0 aliphatic carbocycles. The van der Waals surface area contributed by atoms with Gasteiger partial charge >= 0.3 is 0 Å². The molecule has 1 aromatic rings. The smallest absolute Gasteiger partial charge is 0.106 e. The predicted octanol–water partition coefficient (Wildman–Crippen LogP) is 2.79. The number of hydrogen-bond donors (Lipinski definition) is 0. The Balaban J connectivity index is 2.33. The van der Waals surface area contributed by atoms with E-state index in [9.17, 15) is 0 Å². The van der Waals surface area contributed by atoms with Crippen molar-refractivity contribution in [3.8, 4) is 0 Å². The van der Waals surface area contributed by atoms with Gasteiger partial charge in [0.05, 0.1) is 6.61 Å². The molecule has 1 heterocycles. The van der Waals surface area contributed by atoms with Crippen molar-refractivity contribution in [3.05, 3.63) is 29.3 Å². The lowest BCUT2D eigenvalue weighted by Crippen LogP contribution is -1.84. The van der Waals surface area contributed by atoms with E-state index in [1.165, 1.54) is 16.0 Å². The molecule has 0 bridgehead atoms. The third kappa shape index (κ3) is 1.50. The summed E-state index contributed by atoms with van der Waals surface area (Å²) in [7, 11) is 0. The van der Waals surface area contributed by atoms with E-state index in [2.05, 4.69) is 31.4 Å². The summed E-state index contributed by atoms with van der Waals surface area (Å²) in [6, 6.07) is 6.56. The molecule has 0 radical (unpaired) electrons. The molecular weight excluding hydrogens is 168 g/mol. The number of rotatable bonds is 2. The van der Waals surface area contributed by atoms with Gasteiger partial charge in [-0.1, -0.05) is 12.1 Å². The van der Waals surface area contributed by atoms with Crippen LogP contribution < -0.4 is 0 Å². The minimum Gasteiger partial charge on any atom is -0.368 e. The molecule has 0 amide bonds. The van der Waals surface area contributed by atoms with Crippen LogP contribution in [0.4, 0.5) is 0 Å². The fraction of sp³-hybridized carbons (Fsp3) is 0.400. The second-order valence-corrected chi connectivity index (χ2v) is 3.90. The summed E-state index contributed by atoms with van der Waals surface area (Å²) in [6.45, 7) is 3.04. The molecule has 1 nitrogen and oxygen atoms in total. The third-order valence-corrected chi connectivity index (χ3v) is 3.02. The molecule has 1 atom stereocenters. The van der Waals surface area contributed by atoms with Crippen LogP contribution in [0, 0.1) is 6.92 Å². The molecule has 64 valence electrons.